The number of hydrogen-bond acceptors (Lipinski definition) is 9. The summed E-state index contributed by atoms with van der Waals surface area (Å²) < 4.78 is 40.9. The minimum atomic E-state index is -1.11. The molecular formula is C29H28O9. The van der Waals surface area contributed by atoms with Crippen LogP contribution in [0.1, 0.15) is 32.6 Å². The highest BCUT2D eigenvalue weighted by Gasteiger charge is 2.54. The minimum Gasteiger partial charge on any atom is -0.497 e. The smallest absolute Gasteiger partial charge is 0.338 e. The third-order valence-corrected chi connectivity index (χ3v) is 6.41. The van der Waals surface area contributed by atoms with E-state index in [1.165, 1.54) is 7.11 Å². The van der Waals surface area contributed by atoms with E-state index < -0.39 is 48.9 Å². The molecule has 0 saturated carbocycles. The third kappa shape index (κ3) is 5.56. The first-order chi connectivity index (χ1) is 18.6. The molecule has 198 valence electrons. The van der Waals surface area contributed by atoms with Gasteiger partial charge in [0, 0.05) is 12.7 Å². The van der Waals surface area contributed by atoms with Crippen molar-refractivity contribution in [2.24, 2.45) is 0 Å². The Kier molecular flexibility index (Phi) is 8.00. The summed E-state index contributed by atoms with van der Waals surface area (Å²) in [5.41, 5.74) is 1.42. The molecule has 3 aromatic rings. The van der Waals surface area contributed by atoms with E-state index in [-0.39, 0.29) is 6.61 Å². The monoisotopic (exact) mass is 520 g/mol. The molecule has 0 aliphatic carbocycles. The quantitative estimate of drug-likeness (QED) is 0.429. The van der Waals surface area contributed by atoms with Gasteiger partial charge in [-0.1, -0.05) is 48.5 Å². The van der Waals surface area contributed by atoms with Crippen molar-refractivity contribution in [1.29, 1.82) is 0 Å². The normalized spacial score (nSPS) is 26.6. The average Bonchev–Trinajstić information content (AvgIpc) is 2.98. The van der Waals surface area contributed by atoms with E-state index >= 15 is 0 Å². The number of carbonyl (C=O) groups is 2. The summed E-state index contributed by atoms with van der Waals surface area (Å²) in [5, 5.41) is 0. The van der Waals surface area contributed by atoms with Crippen LogP contribution in [-0.2, 0) is 28.4 Å². The minimum absolute atomic E-state index is 0.139. The van der Waals surface area contributed by atoms with E-state index in [9.17, 15) is 9.59 Å². The molecule has 0 radical (unpaired) electrons. The van der Waals surface area contributed by atoms with Gasteiger partial charge in [0.2, 0.25) is 0 Å². The Morgan fingerprint density at radius 3 is 1.87 bits per heavy atom. The van der Waals surface area contributed by atoms with Crippen LogP contribution in [0.5, 0.6) is 5.75 Å². The van der Waals surface area contributed by atoms with Crippen LogP contribution in [0.3, 0.4) is 0 Å². The van der Waals surface area contributed by atoms with E-state index in [0.29, 0.717) is 16.9 Å². The lowest BCUT2D eigenvalue weighted by Crippen LogP contribution is -2.64. The van der Waals surface area contributed by atoms with Gasteiger partial charge in [-0.25, -0.2) is 9.59 Å². The second kappa shape index (κ2) is 11.7. The highest BCUT2D eigenvalue weighted by molar-refractivity contribution is 5.90. The molecule has 9 heteroatoms. The van der Waals surface area contributed by atoms with Crippen molar-refractivity contribution in [3.63, 3.8) is 0 Å². The molecule has 2 fully saturated rings. The zero-order chi connectivity index (χ0) is 26.5. The molecule has 0 spiro atoms. The number of methoxy groups -OCH3 is 2. The predicted molar refractivity (Wildman–Crippen MR) is 134 cm³/mol. The second-order valence-electron chi connectivity index (χ2n) is 8.79. The van der Waals surface area contributed by atoms with Crippen LogP contribution in [0.2, 0.25) is 0 Å². The Labute approximate surface area is 220 Å². The first-order valence-electron chi connectivity index (χ1n) is 12.2. The van der Waals surface area contributed by atoms with Crippen LogP contribution in [0.15, 0.2) is 84.9 Å². The highest BCUT2D eigenvalue weighted by atomic mass is 16.8. The lowest BCUT2D eigenvalue weighted by atomic mass is 9.97. The number of rotatable bonds is 7. The summed E-state index contributed by atoms with van der Waals surface area (Å²) in [6.07, 6.45) is -5.42. The number of benzene rings is 3. The Balaban J connectivity index is 1.45. The van der Waals surface area contributed by atoms with E-state index in [0.717, 1.165) is 5.56 Å². The van der Waals surface area contributed by atoms with Crippen molar-refractivity contribution in [2.45, 2.75) is 37.0 Å². The van der Waals surface area contributed by atoms with Crippen LogP contribution in [-0.4, -0.2) is 63.5 Å². The lowest BCUT2D eigenvalue weighted by Gasteiger charge is -2.47. The van der Waals surface area contributed by atoms with Gasteiger partial charge in [0.25, 0.3) is 0 Å². The molecule has 9 nitrogen and oxygen atoms in total. The standard InChI is InChI=1S/C29H28O9/c1-32-21-15-13-20(14-16-21)28-34-17-22-23(38-28)24(36-26(30)18-9-5-3-6-10-18)25(29(33-2)35-22)37-27(31)19-11-7-4-8-12-19/h3-16,22-25,28-29H,17H2,1-2H3. The fourth-order valence-corrected chi connectivity index (χ4v) is 4.46. The fourth-order valence-electron chi connectivity index (χ4n) is 4.46. The maximum absolute atomic E-state index is 13.2. The number of fused-ring (bicyclic) bond motifs is 1. The zero-order valence-electron chi connectivity index (χ0n) is 20.9. The Morgan fingerprint density at radius 2 is 1.32 bits per heavy atom. The van der Waals surface area contributed by atoms with Crippen molar-refractivity contribution in [3.8, 4) is 5.75 Å². The van der Waals surface area contributed by atoms with Gasteiger partial charge < -0.3 is 33.2 Å². The zero-order valence-corrected chi connectivity index (χ0v) is 20.9. The van der Waals surface area contributed by atoms with Gasteiger partial charge in [-0.15, -0.1) is 0 Å². The molecule has 0 N–H and O–H groups in total. The summed E-state index contributed by atoms with van der Waals surface area (Å²) in [5.74, 6) is -0.517. The topological polar surface area (TPSA) is 98.8 Å². The molecule has 5 rings (SSSR count). The molecule has 0 bridgehead atoms. The number of esters is 2. The summed E-state index contributed by atoms with van der Waals surface area (Å²) in [6.45, 7) is 0.139. The van der Waals surface area contributed by atoms with Crippen LogP contribution in [0.4, 0.5) is 0 Å². The summed E-state index contributed by atoms with van der Waals surface area (Å²) >= 11 is 0. The van der Waals surface area contributed by atoms with E-state index in [1.54, 1.807) is 79.9 Å². The van der Waals surface area contributed by atoms with Crippen molar-refractivity contribution in [1.82, 2.24) is 0 Å². The molecule has 2 saturated heterocycles. The van der Waals surface area contributed by atoms with E-state index in [2.05, 4.69) is 0 Å². The van der Waals surface area contributed by atoms with Gasteiger partial charge >= 0.3 is 11.9 Å². The van der Waals surface area contributed by atoms with Gasteiger partial charge in [0.05, 0.1) is 24.8 Å². The molecule has 38 heavy (non-hydrogen) atoms. The molecule has 0 amide bonds. The van der Waals surface area contributed by atoms with E-state index in [1.807, 2.05) is 12.1 Å². The van der Waals surface area contributed by atoms with Gasteiger partial charge in [0.1, 0.15) is 18.0 Å². The van der Waals surface area contributed by atoms with Crippen LogP contribution < -0.4 is 4.74 Å². The summed E-state index contributed by atoms with van der Waals surface area (Å²) in [6, 6.07) is 24.3. The summed E-state index contributed by atoms with van der Waals surface area (Å²) in [4.78, 5) is 26.2. The predicted octanol–water partition coefficient (Wildman–Crippen LogP) is 3.93. The average molecular weight is 521 g/mol. The Bertz CT molecular complexity index is 1220. The van der Waals surface area contributed by atoms with Gasteiger partial charge in [0.15, 0.2) is 24.8 Å². The maximum atomic E-state index is 13.2. The molecule has 2 heterocycles. The molecule has 2 aliphatic heterocycles. The fraction of sp³-hybridized carbons (Fsp3) is 0.310. The van der Waals surface area contributed by atoms with Crippen LogP contribution in [0, 0.1) is 0 Å². The van der Waals surface area contributed by atoms with Crippen molar-refractivity contribution < 1.29 is 42.7 Å². The molecule has 0 aromatic heterocycles. The highest BCUT2D eigenvalue weighted by Crippen LogP contribution is 2.37. The first-order valence-corrected chi connectivity index (χ1v) is 12.2. The molecule has 2 aliphatic rings. The number of carbonyl (C=O) groups excluding carboxylic acids is 2. The first kappa shape index (κ1) is 25.9. The van der Waals surface area contributed by atoms with Gasteiger partial charge in [-0.3, -0.25) is 0 Å². The van der Waals surface area contributed by atoms with Gasteiger partial charge in [-0.05, 0) is 36.4 Å². The van der Waals surface area contributed by atoms with Crippen LogP contribution >= 0.6 is 0 Å². The molecular weight excluding hydrogens is 492 g/mol. The molecule has 6 atom stereocenters. The largest absolute Gasteiger partial charge is 0.497 e. The molecule has 3 aromatic carbocycles. The van der Waals surface area contributed by atoms with Crippen molar-refractivity contribution >= 4 is 11.9 Å². The summed E-state index contributed by atoms with van der Waals surface area (Å²) in [7, 11) is 3.01. The van der Waals surface area contributed by atoms with Crippen LogP contribution in [0.25, 0.3) is 0 Å². The van der Waals surface area contributed by atoms with E-state index in [4.69, 9.17) is 33.2 Å². The Morgan fingerprint density at radius 1 is 0.737 bits per heavy atom. The Hall–Kier alpha value is -3.76. The van der Waals surface area contributed by atoms with Crippen molar-refractivity contribution in [3.05, 3.63) is 102 Å². The lowest BCUT2D eigenvalue weighted by molar-refractivity contribution is -0.356. The number of hydrogen-bond donors (Lipinski definition) is 0. The maximum Gasteiger partial charge on any atom is 0.338 e. The van der Waals surface area contributed by atoms with Crippen molar-refractivity contribution in [2.75, 3.05) is 20.8 Å². The third-order valence-electron chi connectivity index (χ3n) is 6.41. The van der Waals surface area contributed by atoms with Gasteiger partial charge in [-0.2, -0.15) is 0 Å². The second-order valence-corrected chi connectivity index (χ2v) is 8.79. The molecule has 6 unspecified atom stereocenters. The number of ether oxygens (including phenoxy) is 7. The SMILES string of the molecule is COc1ccc(C2OCC3OC(OC)C(OC(=O)c4ccccc4)C(OC(=O)c4ccccc4)C3O2)cc1.